The number of halogens is 3. The van der Waals surface area contributed by atoms with Gasteiger partial charge in [-0.3, -0.25) is 4.99 Å². The maximum Gasteiger partial charge on any atom is 0.391 e. The van der Waals surface area contributed by atoms with Gasteiger partial charge in [0, 0.05) is 13.1 Å². The third-order valence-electron chi connectivity index (χ3n) is 4.41. The summed E-state index contributed by atoms with van der Waals surface area (Å²) in [5.41, 5.74) is -1.21. The minimum atomic E-state index is -4.10. The van der Waals surface area contributed by atoms with Crippen LogP contribution >= 0.6 is 0 Å². The summed E-state index contributed by atoms with van der Waals surface area (Å²) in [7, 11) is 1.58. The summed E-state index contributed by atoms with van der Waals surface area (Å²) in [6, 6.07) is 3.31. The zero-order valence-electron chi connectivity index (χ0n) is 13.9. The average Bonchev–Trinajstić information content (AvgIpc) is 3.06. The Hall–Kier alpha value is -1.70. The highest BCUT2D eigenvalue weighted by Crippen LogP contribution is 2.37. The molecule has 1 aromatic rings. The molecule has 1 heterocycles. The van der Waals surface area contributed by atoms with E-state index >= 15 is 0 Å². The van der Waals surface area contributed by atoms with Gasteiger partial charge < -0.3 is 20.2 Å². The van der Waals surface area contributed by atoms with Crippen molar-refractivity contribution in [1.82, 2.24) is 10.6 Å². The smallest absolute Gasteiger partial charge is 0.391 e. The highest BCUT2D eigenvalue weighted by molar-refractivity contribution is 5.80. The summed E-state index contributed by atoms with van der Waals surface area (Å²) < 4.78 is 43.3. The molecule has 0 aliphatic heterocycles. The zero-order chi connectivity index (χ0) is 17.8. The van der Waals surface area contributed by atoms with E-state index in [1.807, 2.05) is 0 Å². The molecule has 8 heteroatoms. The second-order valence-electron chi connectivity index (χ2n) is 6.41. The van der Waals surface area contributed by atoms with E-state index < -0.39 is 17.7 Å². The second kappa shape index (κ2) is 7.46. The first-order valence-corrected chi connectivity index (χ1v) is 8.02. The molecule has 1 atom stereocenters. The molecule has 1 unspecified atom stereocenters. The van der Waals surface area contributed by atoms with Gasteiger partial charge in [-0.25, -0.2) is 0 Å². The lowest BCUT2D eigenvalue weighted by Gasteiger charge is -2.31. The molecule has 1 aromatic heterocycles. The lowest BCUT2D eigenvalue weighted by Crippen LogP contribution is -2.49. The summed E-state index contributed by atoms with van der Waals surface area (Å²) in [5, 5.41) is 16.5. The lowest BCUT2D eigenvalue weighted by atomic mass is 9.85. The van der Waals surface area contributed by atoms with Crippen LogP contribution in [0.4, 0.5) is 13.2 Å². The Morgan fingerprint density at radius 1 is 1.33 bits per heavy atom. The second-order valence-corrected chi connectivity index (χ2v) is 6.41. The molecule has 0 amide bonds. The van der Waals surface area contributed by atoms with Crippen LogP contribution in [0.1, 0.15) is 38.4 Å². The molecule has 3 N–H and O–H groups in total. The number of aliphatic hydroxyl groups is 1. The van der Waals surface area contributed by atoms with Crippen LogP contribution in [-0.2, 0) is 5.60 Å². The fraction of sp³-hybridized carbons (Fsp3) is 0.688. The summed E-state index contributed by atoms with van der Waals surface area (Å²) in [6.07, 6.45) is -1.48. The molecule has 0 spiro atoms. The third-order valence-corrected chi connectivity index (χ3v) is 4.41. The maximum absolute atomic E-state index is 12.7. The number of alkyl halides is 3. The van der Waals surface area contributed by atoms with Crippen LogP contribution in [0.3, 0.4) is 0 Å². The topological polar surface area (TPSA) is 69.8 Å². The van der Waals surface area contributed by atoms with E-state index in [0.29, 0.717) is 24.6 Å². The monoisotopic (exact) mass is 347 g/mol. The van der Waals surface area contributed by atoms with Gasteiger partial charge >= 0.3 is 6.18 Å². The minimum Gasteiger partial charge on any atom is -0.466 e. The largest absolute Gasteiger partial charge is 0.466 e. The van der Waals surface area contributed by atoms with Gasteiger partial charge in [-0.05, 0) is 44.7 Å². The summed E-state index contributed by atoms with van der Waals surface area (Å²) in [4.78, 5) is 4.06. The average molecular weight is 347 g/mol. The van der Waals surface area contributed by atoms with E-state index in [0.717, 1.165) is 0 Å². The summed E-state index contributed by atoms with van der Waals surface area (Å²) >= 11 is 0. The molecule has 0 bridgehead atoms. The SMILES string of the molecule is CN=C(NCC(C)(O)c1ccco1)NC1CCC(C(F)(F)F)CC1. The molecule has 5 nitrogen and oxygen atoms in total. The predicted octanol–water partition coefficient (Wildman–Crippen LogP) is 2.77. The van der Waals surface area contributed by atoms with Crippen molar-refractivity contribution in [2.45, 2.75) is 50.4 Å². The number of hydrogen-bond donors (Lipinski definition) is 3. The van der Waals surface area contributed by atoms with E-state index in [9.17, 15) is 18.3 Å². The van der Waals surface area contributed by atoms with Crippen molar-refractivity contribution in [3.05, 3.63) is 24.2 Å². The number of hydrogen-bond acceptors (Lipinski definition) is 3. The van der Waals surface area contributed by atoms with Gasteiger partial charge in [0.1, 0.15) is 11.4 Å². The van der Waals surface area contributed by atoms with E-state index in [2.05, 4.69) is 15.6 Å². The molecular weight excluding hydrogens is 323 g/mol. The molecule has 136 valence electrons. The number of furan rings is 1. The van der Waals surface area contributed by atoms with Crippen LogP contribution in [0.5, 0.6) is 0 Å². The Morgan fingerprint density at radius 3 is 2.50 bits per heavy atom. The number of aliphatic imine (C=N–C) groups is 1. The molecule has 0 aromatic carbocycles. The molecular formula is C16H24F3N3O2. The van der Waals surface area contributed by atoms with Gasteiger partial charge in [-0.1, -0.05) is 0 Å². The van der Waals surface area contributed by atoms with Crippen molar-refractivity contribution in [3.63, 3.8) is 0 Å². The number of rotatable bonds is 4. The normalized spacial score (nSPS) is 25.2. The van der Waals surface area contributed by atoms with Gasteiger partial charge in [-0.15, -0.1) is 0 Å². The highest BCUT2D eigenvalue weighted by atomic mass is 19.4. The van der Waals surface area contributed by atoms with Crippen molar-refractivity contribution in [3.8, 4) is 0 Å². The predicted molar refractivity (Wildman–Crippen MR) is 84.6 cm³/mol. The Balaban J connectivity index is 1.81. The first-order chi connectivity index (χ1) is 11.2. The van der Waals surface area contributed by atoms with Crippen molar-refractivity contribution in [1.29, 1.82) is 0 Å². The van der Waals surface area contributed by atoms with Gasteiger partial charge in [0.25, 0.3) is 0 Å². The van der Waals surface area contributed by atoms with Gasteiger partial charge in [0.05, 0.1) is 18.7 Å². The van der Waals surface area contributed by atoms with E-state index in [4.69, 9.17) is 4.42 Å². The molecule has 1 fully saturated rings. The standard InChI is InChI=1S/C16H24F3N3O2/c1-15(23,13-4-3-9-24-13)10-21-14(20-2)22-12-7-5-11(6-8-12)16(17,18)19/h3-4,9,11-12,23H,5-8,10H2,1-2H3,(H2,20,21,22). The molecule has 24 heavy (non-hydrogen) atoms. The minimum absolute atomic E-state index is 0.0524. The number of nitrogens with zero attached hydrogens (tertiary/aromatic N) is 1. The number of nitrogens with one attached hydrogen (secondary N) is 2. The van der Waals surface area contributed by atoms with Crippen molar-refractivity contribution in [2.75, 3.05) is 13.6 Å². The fourth-order valence-electron chi connectivity index (χ4n) is 2.88. The van der Waals surface area contributed by atoms with Gasteiger partial charge in [0.15, 0.2) is 5.96 Å². The van der Waals surface area contributed by atoms with Crippen LogP contribution in [-0.4, -0.2) is 36.9 Å². The molecule has 2 rings (SSSR count). The van der Waals surface area contributed by atoms with Crippen LogP contribution in [0.15, 0.2) is 27.8 Å². The zero-order valence-corrected chi connectivity index (χ0v) is 13.9. The molecule has 1 aliphatic rings. The van der Waals surface area contributed by atoms with Crippen LogP contribution in [0.2, 0.25) is 0 Å². The first-order valence-electron chi connectivity index (χ1n) is 8.02. The van der Waals surface area contributed by atoms with Crippen molar-refractivity contribution < 1.29 is 22.7 Å². The molecule has 1 aliphatic carbocycles. The quantitative estimate of drug-likeness (QED) is 0.579. The Kier molecular flexibility index (Phi) is 5.79. The van der Waals surface area contributed by atoms with Gasteiger partial charge in [0.2, 0.25) is 0 Å². The molecule has 0 saturated heterocycles. The highest BCUT2D eigenvalue weighted by Gasteiger charge is 2.41. The number of guanidine groups is 1. The maximum atomic E-state index is 12.7. The molecule has 0 radical (unpaired) electrons. The molecule has 1 saturated carbocycles. The van der Waals surface area contributed by atoms with Crippen LogP contribution in [0, 0.1) is 5.92 Å². The van der Waals surface area contributed by atoms with E-state index in [-0.39, 0.29) is 25.4 Å². The van der Waals surface area contributed by atoms with E-state index in [1.165, 1.54) is 6.26 Å². The van der Waals surface area contributed by atoms with Crippen LogP contribution in [0.25, 0.3) is 0 Å². The lowest BCUT2D eigenvalue weighted by molar-refractivity contribution is -0.182. The van der Waals surface area contributed by atoms with Crippen molar-refractivity contribution in [2.24, 2.45) is 10.9 Å². The van der Waals surface area contributed by atoms with Crippen LogP contribution < -0.4 is 10.6 Å². The summed E-state index contributed by atoms with van der Waals surface area (Å²) in [6.45, 7) is 1.78. The summed E-state index contributed by atoms with van der Waals surface area (Å²) in [5.74, 6) is -0.321. The van der Waals surface area contributed by atoms with Crippen molar-refractivity contribution >= 4 is 5.96 Å². The Labute approximate surface area is 139 Å². The third kappa shape index (κ3) is 4.90. The van der Waals surface area contributed by atoms with Gasteiger partial charge in [-0.2, -0.15) is 13.2 Å². The van der Waals surface area contributed by atoms with E-state index in [1.54, 1.807) is 26.1 Å². The fourth-order valence-corrected chi connectivity index (χ4v) is 2.88. The first kappa shape index (κ1) is 18.6. The Morgan fingerprint density at radius 2 is 2.00 bits per heavy atom. The Bertz CT molecular complexity index is 533.